The maximum absolute atomic E-state index is 12.9. The zero-order valence-corrected chi connectivity index (χ0v) is 51.1. The Balaban J connectivity index is 4.44. The molecule has 79 heavy (non-hydrogen) atoms. The molecule has 0 radical (unpaired) electrons. The quantitative estimate of drug-likeness (QED) is 0.0261. The summed E-state index contributed by atoms with van der Waals surface area (Å²) in [5.41, 5.74) is 0. The maximum Gasteiger partial charge on any atom is 0.306 e. The van der Waals surface area contributed by atoms with Gasteiger partial charge in [-0.3, -0.25) is 14.4 Å². The number of rotatable bonds is 57. The first-order chi connectivity index (χ1) is 39.0. The lowest BCUT2D eigenvalue weighted by molar-refractivity contribution is -0.167. The van der Waals surface area contributed by atoms with Crippen molar-refractivity contribution in [1.29, 1.82) is 0 Å². The Morgan fingerprint density at radius 3 is 0.823 bits per heavy atom. The molecular formula is C73H118O6. The molecule has 0 fully saturated rings. The first-order valence-electron chi connectivity index (χ1n) is 32.3. The highest BCUT2D eigenvalue weighted by Crippen LogP contribution is 2.15. The number of hydrogen-bond donors (Lipinski definition) is 0. The molecule has 0 aromatic rings. The third kappa shape index (κ3) is 64.0. The third-order valence-electron chi connectivity index (χ3n) is 13.3. The Hall–Kier alpha value is -4.71. The fraction of sp³-hybridized carbons (Fsp3) is 0.630. The van der Waals surface area contributed by atoms with E-state index in [9.17, 15) is 14.4 Å². The summed E-state index contributed by atoms with van der Waals surface area (Å²) in [6, 6.07) is 0. The molecule has 1 atom stereocenters. The van der Waals surface area contributed by atoms with Gasteiger partial charge >= 0.3 is 17.9 Å². The SMILES string of the molecule is CC/C=C\C/C=C\C/C=C\C/C=C\C/C=C\C/C=C\C/C=C\CCCC(=O)OC(COC(=O)CCCCCCC/C=C\CCCCCC)COC(=O)CCCCCCCCCCCCCC/C=C\C/C=C\C/C=C\C/C=C\CC. The van der Waals surface area contributed by atoms with Crippen molar-refractivity contribution in [1.82, 2.24) is 0 Å². The van der Waals surface area contributed by atoms with Crippen LogP contribution in [0.5, 0.6) is 0 Å². The van der Waals surface area contributed by atoms with Gasteiger partial charge in [0.15, 0.2) is 6.10 Å². The predicted molar refractivity (Wildman–Crippen MR) is 343 cm³/mol. The van der Waals surface area contributed by atoms with Crippen LogP contribution in [0.4, 0.5) is 0 Å². The van der Waals surface area contributed by atoms with Crippen LogP contribution >= 0.6 is 0 Å². The van der Waals surface area contributed by atoms with E-state index in [1.807, 2.05) is 0 Å². The molecule has 6 nitrogen and oxygen atoms in total. The van der Waals surface area contributed by atoms with Crippen molar-refractivity contribution in [3.63, 3.8) is 0 Å². The lowest BCUT2D eigenvalue weighted by Gasteiger charge is -2.18. The van der Waals surface area contributed by atoms with Crippen molar-refractivity contribution in [2.75, 3.05) is 13.2 Å². The molecular weight excluding hydrogens is 973 g/mol. The van der Waals surface area contributed by atoms with Gasteiger partial charge in [-0.1, -0.05) is 269 Å². The molecule has 0 rings (SSSR count). The number of allylic oxidation sites excluding steroid dienone is 24. The highest BCUT2D eigenvalue weighted by molar-refractivity contribution is 5.71. The number of esters is 3. The number of hydrogen-bond acceptors (Lipinski definition) is 6. The Labute approximate surface area is 487 Å². The van der Waals surface area contributed by atoms with Gasteiger partial charge in [0.1, 0.15) is 13.2 Å². The van der Waals surface area contributed by atoms with Crippen LogP contribution in [0.25, 0.3) is 0 Å². The van der Waals surface area contributed by atoms with E-state index in [1.165, 1.54) is 103 Å². The molecule has 0 amide bonds. The molecule has 0 saturated carbocycles. The van der Waals surface area contributed by atoms with Crippen molar-refractivity contribution in [3.8, 4) is 0 Å². The van der Waals surface area contributed by atoms with Crippen LogP contribution in [0.1, 0.15) is 278 Å². The molecule has 6 heteroatoms. The second kappa shape index (κ2) is 65.8. The van der Waals surface area contributed by atoms with Gasteiger partial charge in [0.25, 0.3) is 0 Å². The van der Waals surface area contributed by atoms with Crippen LogP contribution in [-0.2, 0) is 28.6 Å². The van der Waals surface area contributed by atoms with E-state index in [0.29, 0.717) is 19.3 Å². The molecule has 0 aliphatic carbocycles. The maximum atomic E-state index is 12.9. The summed E-state index contributed by atoms with van der Waals surface area (Å²) >= 11 is 0. The minimum absolute atomic E-state index is 0.109. The average Bonchev–Trinajstić information content (AvgIpc) is 3.45. The number of ether oxygens (including phenoxy) is 3. The molecule has 0 aromatic carbocycles. The Morgan fingerprint density at radius 2 is 0.506 bits per heavy atom. The van der Waals surface area contributed by atoms with E-state index in [-0.39, 0.29) is 37.5 Å². The van der Waals surface area contributed by atoms with Gasteiger partial charge in [-0.05, 0) is 135 Å². The Bertz CT molecular complexity index is 1730. The van der Waals surface area contributed by atoms with E-state index in [4.69, 9.17) is 14.2 Å². The molecule has 0 bridgehead atoms. The second-order valence-electron chi connectivity index (χ2n) is 20.9. The van der Waals surface area contributed by atoms with Gasteiger partial charge < -0.3 is 14.2 Å². The van der Waals surface area contributed by atoms with E-state index >= 15 is 0 Å². The minimum atomic E-state index is -0.820. The average molecular weight is 1090 g/mol. The Morgan fingerprint density at radius 1 is 0.266 bits per heavy atom. The van der Waals surface area contributed by atoms with Crippen LogP contribution in [0.15, 0.2) is 146 Å². The van der Waals surface area contributed by atoms with Crippen molar-refractivity contribution in [2.24, 2.45) is 0 Å². The minimum Gasteiger partial charge on any atom is -0.462 e. The lowest BCUT2D eigenvalue weighted by Crippen LogP contribution is -2.30. The smallest absolute Gasteiger partial charge is 0.306 e. The van der Waals surface area contributed by atoms with Gasteiger partial charge in [0, 0.05) is 19.3 Å². The fourth-order valence-electron chi connectivity index (χ4n) is 8.54. The van der Waals surface area contributed by atoms with Crippen LogP contribution in [-0.4, -0.2) is 37.2 Å². The molecule has 0 spiro atoms. The van der Waals surface area contributed by atoms with Crippen LogP contribution < -0.4 is 0 Å². The molecule has 0 aromatic heterocycles. The van der Waals surface area contributed by atoms with Gasteiger partial charge in [-0.2, -0.15) is 0 Å². The normalized spacial score (nSPS) is 13.1. The summed E-state index contributed by atoms with van der Waals surface area (Å²) < 4.78 is 16.9. The Kier molecular flexibility index (Phi) is 61.9. The van der Waals surface area contributed by atoms with Crippen molar-refractivity contribution in [3.05, 3.63) is 146 Å². The predicted octanol–water partition coefficient (Wildman–Crippen LogP) is 22.3. The summed E-state index contributed by atoms with van der Waals surface area (Å²) in [4.78, 5) is 38.3. The highest BCUT2D eigenvalue weighted by atomic mass is 16.6. The third-order valence-corrected chi connectivity index (χ3v) is 13.3. The molecule has 0 heterocycles. The van der Waals surface area contributed by atoms with Crippen LogP contribution in [0.2, 0.25) is 0 Å². The zero-order chi connectivity index (χ0) is 57.1. The van der Waals surface area contributed by atoms with Gasteiger partial charge in [0.2, 0.25) is 0 Å². The lowest BCUT2D eigenvalue weighted by atomic mass is 10.0. The number of carbonyl (C=O) groups excluding carboxylic acids is 3. The summed E-state index contributed by atoms with van der Waals surface area (Å²) in [7, 11) is 0. The van der Waals surface area contributed by atoms with E-state index in [0.717, 1.165) is 128 Å². The molecule has 1 unspecified atom stereocenters. The number of unbranched alkanes of at least 4 members (excludes halogenated alkanes) is 22. The van der Waals surface area contributed by atoms with Crippen LogP contribution in [0.3, 0.4) is 0 Å². The fourth-order valence-corrected chi connectivity index (χ4v) is 8.54. The first-order valence-corrected chi connectivity index (χ1v) is 32.3. The molecule has 446 valence electrons. The standard InChI is InChI=1S/C73H118O6/c1-4-7-10-13-16-19-22-25-27-29-31-33-35-36-38-39-41-43-45-48-51-54-57-60-63-66-72(75)78-69-70(68-77-71(74)65-62-59-56-53-50-47-24-21-18-15-12-9-6-3)79-73(76)67-64-61-58-55-52-49-46-44-42-40-37-34-32-30-28-26-23-20-17-14-11-8-5-2/h7-8,10-11,16-17,19-21,24-28,31-34,40,42,46,49,55,58,70H,4-6,9,12-15,18,22-23,29-30,35-39,41,43-45,47-48,50-54,56-57,59-69H2,1-3H3/b10-7-,11-8-,19-16-,20-17-,24-21-,27-25-,28-26-,33-31-,34-32-,42-40-,49-46-,58-55-. The monoisotopic (exact) mass is 1090 g/mol. The van der Waals surface area contributed by atoms with Gasteiger partial charge in [-0.15, -0.1) is 0 Å². The second-order valence-corrected chi connectivity index (χ2v) is 20.9. The zero-order valence-electron chi connectivity index (χ0n) is 51.1. The topological polar surface area (TPSA) is 78.9 Å². The largest absolute Gasteiger partial charge is 0.462 e. The summed E-state index contributed by atoms with van der Waals surface area (Å²) in [5.74, 6) is -0.979. The van der Waals surface area contributed by atoms with Gasteiger partial charge in [0.05, 0.1) is 0 Å². The summed E-state index contributed by atoms with van der Waals surface area (Å²) in [6.07, 6.45) is 94.3. The van der Waals surface area contributed by atoms with Crippen molar-refractivity contribution in [2.45, 2.75) is 284 Å². The molecule has 0 aliphatic rings. The molecule has 0 saturated heterocycles. The van der Waals surface area contributed by atoms with Crippen molar-refractivity contribution < 1.29 is 28.6 Å². The van der Waals surface area contributed by atoms with E-state index in [1.54, 1.807) is 0 Å². The van der Waals surface area contributed by atoms with Crippen molar-refractivity contribution >= 4 is 17.9 Å². The summed E-state index contributed by atoms with van der Waals surface area (Å²) in [5, 5.41) is 0. The molecule has 0 N–H and O–H groups in total. The molecule has 0 aliphatic heterocycles. The first kappa shape index (κ1) is 74.3. The van der Waals surface area contributed by atoms with Gasteiger partial charge in [-0.25, -0.2) is 0 Å². The highest BCUT2D eigenvalue weighted by Gasteiger charge is 2.19. The van der Waals surface area contributed by atoms with E-state index in [2.05, 4.69) is 167 Å². The van der Waals surface area contributed by atoms with E-state index < -0.39 is 6.10 Å². The number of carbonyl (C=O) groups is 3. The van der Waals surface area contributed by atoms with Crippen LogP contribution in [0, 0.1) is 0 Å². The summed E-state index contributed by atoms with van der Waals surface area (Å²) in [6.45, 7) is 6.35.